The maximum absolute atomic E-state index is 13.1. The zero-order valence-electron chi connectivity index (χ0n) is 17.3. The summed E-state index contributed by atoms with van der Waals surface area (Å²) in [4.78, 5) is 26.7. The zero-order valence-corrected chi connectivity index (χ0v) is 17.3. The van der Waals surface area contributed by atoms with Crippen molar-refractivity contribution in [2.75, 3.05) is 13.6 Å². The smallest absolute Gasteiger partial charge is 0.408 e. The van der Waals surface area contributed by atoms with Gasteiger partial charge < -0.3 is 9.32 Å². The number of hydrogen-bond acceptors (Lipinski definition) is 4. The van der Waals surface area contributed by atoms with Crippen molar-refractivity contribution < 1.29 is 13.6 Å². The number of nitrogens with zero attached hydrogens (tertiary/aromatic N) is 3. The Kier molecular flexibility index (Phi) is 5.70. The molecule has 2 heterocycles. The number of carbonyl (C=O) groups is 1. The lowest BCUT2D eigenvalue weighted by Crippen LogP contribution is -2.36. The quantitative estimate of drug-likeness (QED) is 0.491. The van der Waals surface area contributed by atoms with Gasteiger partial charge in [0.25, 0.3) is 0 Å². The number of hydrogen-bond donors (Lipinski definition) is 1. The Hall–Kier alpha value is -3.68. The molecule has 0 bridgehead atoms. The Morgan fingerprint density at radius 1 is 1.23 bits per heavy atom. The van der Waals surface area contributed by atoms with E-state index in [1.54, 1.807) is 55.3 Å². The minimum atomic E-state index is -0.668. The molecule has 1 atom stereocenters. The molecule has 2 aromatic heterocycles. The van der Waals surface area contributed by atoms with Crippen molar-refractivity contribution in [3.63, 3.8) is 0 Å². The first kappa shape index (κ1) is 20.6. The van der Waals surface area contributed by atoms with E-state index in [2.05, 4.69) is 10.2 Å². The normalized spacial score (nSPS) is 12.2. The zero-order chi connectivity index (χ0) is 22.0. The number of fused-ring (bicyclic) bond motifs is 1. The molecule has 4 aromatic rings. The highest BCUT2D eigenvalue weighted by atomic mass is 19.1. The van der Waals surface area contributed by atoms with E-state index in [1.165, 1.54) is 16.7 Å². The number of aromatic amines is 1. The van der Waals surface area contributed by atoms with E-state index < -0.39 is 11.8 Å². The average molecular weight is 422 g/mol. The van der Waals surface area contributed by atoms with E-state index >= 15 is 0 Å². The van der Waals surface area contributed by atoms with Gasteiger partial charge in [-0.3, -0.25) is 14.5 Å². The average Bonchev–Trinajstić information content (AvgIpc) is 3.36. The van der Waals surface area contributed by atoms with Crippen molar-refractivity contribution in [3.8, 4) is 11.3 Å². The van der Waals surface area contributed by atoms with Gasteiger partial charge in [-0.05, 0) is 62.2 Å². The largest absolute Gasteiger partial charge is 0.420 e. The molecule has 1 N–H and O–H groups in total. The van der Waals surface area contributed by atoms with Gasteiger partial charge >= 0.3 is 5.76 Å². The summed E-state index contributed by atoms with van der Waals surface area (Å²) < 4.78 is 19.7. The summed E-state index contributed by atoms with van der Waals surface area (Å²) in [6.07, 6.45) is 1.43. The summed E-state index contributed by atoms with van der Waals surface area (Å²) in [6, 6.07) is 14.5. The molecule has 4 rings (SSSR count). The fourth-order valence-corrected chi connectivity index (χ4v) is 3.66. The fourth-order valence-electron chi connectivity index (χ4n) is 3.66. The van der Waals surface area contributed by atoms with Gasteiger partial charge in [0, 0.05) is 24.8 Å². The second-order valence-corrected chi connectivity index (χ2v) is 7.53. The molecule has 1 unspecified atom stereocenters. The summed E-state index contributed by atoms with van der Waals surface area (Å²) in [7, 11) is 1.73. The fraction of sp³-hybridized carbons (Fsp3) is 0.261. The summed E-state index contributed by atoms with van der Waals surface area (Å²) in [5, 5.41) is 7.26. The van der Waals surface area contributed by atoms with Gasteiger partial charge in [0.1, 0.15) is 11.9 Å². The van der Waals surface area contributed by atoms with E-state index in [0.717, 1.165) is 23.4 Å². The Balaban J connectivity index is 1.36. The highest BCUT2D eigenvalue weighted by Crippen LogP contribution is 2.20. The molecular weight excluding hydrogens is 399 g/mol. The van der Waals surface area contributed by atoms with E-state index in [1.807, 2.05) is 6.07 Å². The molecule has 0 aliphatic carbocycles. The van der Waals surface area contributed by atoms with Crippen LogP contribution in [0.5, 0.6) is 0 Å². The van der Waals surface area contributed by atoms with Crippen LogP contribution in [0.2, 0.25) is 0 Å². The number of benzene rings is 2. The third-order valence-corrected chi connectivity index (χ3v) is 5.35. The van der Waals surface area contributed by atoms with Gasteiger partial charge in [-0.1, -0.05) is 12.1 Å². The number of H-pyrrole nitrogens is 1. The third-order valence-electron chi connectivity index (χ3n) is 5.35. The summed E-state index contributed by atoms with van der Waals surface area (Å²) in [6.45, 7) is 2.23. The van der Waals surface area contributed by atoms with Gasteiger partial charge in [0.2, 0.25) is 5.91 Å². The maximum atomic E-state index is 13.1. The standard InChI is InChI=1S/C23H23FN4O3/c1-15(28-20-7-3-4-8-21(20)31-23(28)30)22(29)27(2)13-5-6-18-14-19(26-25-18)16-9-11-17(24)12-10-16/h3-4,7-12,14-15H,5-6,13H2,1-2H3,(H,25,26). The van der Waals surface area contributed by atoms with Crippen molar-refractivity contribution >= 4 is 17.0 Å². The number of oxazole rings is 1. The predicted molar refractivity (Wildman–Crippen MR) is 115 cm³/mol. The number of rotatable bonds is 7. The van der Waals surface area contributed by atoms with E-state index in [-0.39, 0.29) is 11.7 Å². The molecule has 7 nitrogen and oxygen atoms in total. The highest BCUT2D eigenvalue weighted by molar-refractivity contribution is 5.82. The van der Waals surface area contributed by atoms with E-state index in [4.69, 9.17) is 4.42 Å². The number of aryl methyl sites for hydroxylation is 1. The molecule has 0 saturated heterocycles. The Bertz CT molecular complexity index is 1260. The molecule has 0 radical (unpaired) electrons. The van der Waals surface area contributed by atoms with Crippen LogP contribution in [0.25, 0.3) is 22.4 Å². The minimum absolute atomic E-state index is 0.162. The number of carbonyl (C=O) groups excluding carboxylic acids is 1. The van der Waals surface area contributed by atoms with Crippen LogP contribution in [0.15, 0.2) is 63.8 Å². The van der Waals surface area contributed by atoms with Crippen LogP contribution in [-0.2, 0) is 11.2 Å². The van der Waals surface area contributed by atoms with Crippen LogP contribution >= 0.6 is 0 Å². The number of likely N-dealkylation sites (N-methyl/N-ethyl adjacent to an activating group) is 1. The van der Waals surface area contributed by atoms with Crippen molar-refractivity contribution in [2.24, 2.45) is 0 Å². The second kappa shape index (κ2) is 8.59. The second-order valence-electron chi connectivity index (χ2n) is 7.53. The molecule has 8 heteroatoms. The maximum Gasteiger partial charge on any atom is 0.420 e. The first-order chi connectivity index (χ1) is 14.9. The lowest BCUT2D eigenvalue weighted by molar-refractivity contribution is -0.133. The SMILES string of the molecule is CC(C(=O)N(C)CCCc1cc(-c2ccc(F)cc2)n[nH]1)n1c(=O)oc2ccccc21. The molecule has 0 spiro atoms. The third kappa shape index (κ3) is 4.28. The van der Waals surface area contributed by atoms with Crippen molar-refractivity contribution in [2.45, 2.75) is 25.8 Å². The van der Waals surface area contributed by atoms with Crippen LogP contribution in [0, 0.1) is 5.82 Å². The molecule has 0 aliphatic rings. The first-order valence-electron chi connectivity index (χ1n) is 10.1. The lowest BCUT2D eigenvalue weighted by atomic mass is 10.1. The monoisotopic (exact) mass is 422 g/mol. The van der Waals surface area contributed by atoms with E-state index in [9.17, 15) is 14.0 Å². The van der Waals surface area contributed by atoms with Gasteiger partial charge in [-0.2, -0.15) is 5.10 Å². The van der Waals surface area contributed by atoms with Gasteiger partial charge in [0.05, 0.1) is 11.2 Å². The lowest BCUT2D eigenvalue weighted by Gasteiger charge is -2.21. The predicted octanol–water partition coefficient (Wildman–Crippen LogP) is 3.78. The van der Waals surface area contributed by atoms with Crippen LogP contribution in [0.4, 0.5) is 4.39 Å². The highest BCUT2D eigenvalue weighted by Gasteiger charge is 2.23. The molecule has 160 valence electrons. The summed E-state index contributed by atoms with van der Waals surface area (Å²) >= 11 is 0. The minimum Gasteiger partial charge on any atom is -0.408 e. The Morgan fingerprint density at radius 2 is 1.97 bits per heavy atom. The summed E-state index contributed by atoms with van der Waals surface area (Å²) in [5.41, 5.74) is 3.59. The van der Waals surface area contributed by atoms with Crippen LogP contribution in [-0.4, -0.2) is 39.2 Å². The number of para-hydroxylation sites is 2. The Morgan fingerprint density at radius 3 is 2.74 bits per heavy atom. The molecule has 0 aliphatic heterocycles. The van der Waals surface area contributed by atoms with Crippen molar-refractivity contribution in [1.82, 2.24) is 19.7 Å². The molecule has 31 heavy (non-hydrogen) atoms. The van der Waals surface area contributed by atoms with Crippen molar-refractivity contribution in [1.29, 1.82) is 0 Å². The van der Waals surface area contributed by atoms with Crippen LogP contribution < -0.4 is 5.76 Å². The van der Waals surface area contributed by atoms with E-state index in [0.29, 0.717) is 24.1 Å². The number of aromatic nitrogens is 3. The van der Waals surface area contributed by atoms with Crippen LogP contribution in [0.3, 0.4) is 0 Å². The molecular formula is C23H23FN4O3. The number of halogens is 1. The van der Waals surface area contributed by atoms with Gasteiger partial charge in [-0.15, -0.1) is 0 Å². The molecule has 0 saturated carbocycles. The van der Waals surface area contributed by atoms with Gasteiger partial charge in [-0.25, -0.2) is 9.18 Å². The number of nitrogens with one attached hydrogen (secondary N) is 1. The molecule has 1 amide bonds. The molecule has 0 fully saturated rings. The Labute approximate surface area is 178 Å². The van der Waals surface area contributed by atoms with Crippen molar-refractivity contribution in [3.05, 3.63) is 76.7 Å². The topological polar surface area (TPSA) is 84.1 Å². The molecule has 2 aromatic carbocycles. The first-order valence-corrected chi connectivity index (χ1v) is 10.1. The van der Waals surface area contributed by atoms with Crippen LogP contribution in [0.1, 0.15) is 25.1 Å². The summed E-state index contributed by atoms with van der Waals surface area (Å²) in [5.74, 6) is -0.987. The number of amides is 1. The van der Waals surface area contributed by atoms with Gasteiger partial charge in [0.15, 0.2) is 5.58 Å².